The van der Waals surface area contributed by atoms with Crippen LogP contribution >= 0.6 is 11.3 Å². The zero-order valence-electron chi connectivity index (χ0n) is 12.9. The molecule has 0 atom stereocenters. The maximum absolute atomic E-state index is 12.0. The van der Waals surface area contributed by atoms with Crippen molar-refractivity contribution in [3.8, 4) is 0 Å². The van der Waals surface area contributed by atoms with Gasteiger partial charge in [0, 0.05) is 18.0 Å². The Hall–Kier alpha value is -0.910. The molecule has 0 unspecified atom stereocenters. The average molecular weight is 309 g/mol. The number of carbonyl (C=O) groups excluding carboxylic acids is 1. The summed E-state index contributed by atoms with van der Waals surface area (Å²) >= 11 is 1.75. The molecule has 0 bridgehead atoms. The van der Waals surface area contributed by atoms with Gasteiger partial charge in [0.05, 0.1) is 6.54 Å². The smallest absolute Gasteiger partial charge is 0.234 e. The van der Waals surface area contributed by atoms with Gasteiger partial charge >= 0.3 is 0 Å². The van der Waals surface area contributed by atoms with Gasteiger partial charge in [-0.25, -0.2) is 0 Å². The Labute approximate surface area is 131 Å². The topological polar surface area (TPSA) is 44.4 Å². The molecule has 2 heterocycles. The molecule has 1 aliphatic heterocycles. The largest absolute Gasteiger partial charge is 0.355 e. The molecule has 5 heteroatoms. The first kappa shape index (κ1) is 16.5. The van der Waals surface area contributed by atoms with E-state index in [9.17, 15) is 4.79 Å². The number of piperidine rings is 1. The standard InChI is InChI=1S/C16H27N3OS/c1-2-19(12-14-5-8-17-9-6-14)13-16(20)18-10-7-15-4-3-11-21-15/h3-4,11,14,17H,2,5-10,12-13H2,1H3,(H,18,20). The van der Waals surface area contributed by atoms with Gasteiger partial charge in [-0.3, -0.25) is 9.69 Å². The predicted molar refractivity (Wildman–Crippen MR) is 88.7 cm³/mol. The van der Waals surface area contributed by atoms with Crippen molar-refractivity contribution in [2.24, 2.45) is 5.92 Å². The highest BCUT2D eigenvalue weighted by molar-refractivity contribution is 7.09. The third kappa shape index (κ3) is 6.16. The molecule has 1 aliphatic rings. The normalized spacial score (nSPS) is 16.3. The lowest BCUT2D eigenvalue weighted by Gasteiger charge is -2.28. The summed E-state index contributed by atoms with van der Waals surface area (Å²) in [6, 6.07) is 4.17. The number of carbonyl (C=O) groups is 1. The first-order valence-electron chi connectivity index (χ1n) is 8.00. The van der Waals surface area contributed by atoms with Gasteiger partial charge in [-0.15, -0.1) is 11.3 Å². The lowest BCUT2D eigenvalue weighted by molar-refractivity contribution is -0.122. The van der Waals surface area contributed by atoms with E-state index in [1.807, 2.05) is 0 Å². The second-order valence-electron chi connectivity index (χ2n) is 5.70. The highest BCUT2D eigenvalue weighted by Crippen LogP contribution is 2.13. The summed E-state index contributed by atoms with van der Waals surface area (Å²) in [5.74, 6) is 0.896. The summed E-state index contributed by atoms with van der Waals surface area (Å²) in [6.07, 6.45) is 3.40. The Kier molecular flexibility index (Phi) is 7.19. The quantitative estimate of drug-likeness (QED) is 0.769. The van der Waals surface area contributed by atoms with E-state index in [0.29, 0.717) is 6.54 Å². The fourth-order valence-electron chi connectivity index (χ4n) is 2.77. The van der Waals surface area contributed by atoms with E-state index in [4.69, 9.17) is 0 Å². The molecule has 0 saturated carbocycles. The zero-order valence-corrected chi connectivity index (χ0v) is 13.8. The average Bonchev–Trinajstić information content (AvgIpc) is 3.01. The number of hydrogen-bond acceptors (Lipinski definition) is 4. The fraction of sp³-hybridized carbons (Fsp3) is 0.688. The number of thiophene rings is 1. The number of hydrogen-bond donors (Lipinski definition) is 2. The van der Waals surface area contributed by atoms with Gasteiger partial charge < -0.3 is 10.6 Å². The van der Waals surface area contributed by atoms with E-state index in [1.54, 1.807) is 11.3 Å². The van der Waals surface area contributed by atoms with E-state index in [2.05, 4.69) is 40.0 Å². The van der Waals surface area contributed by atoms with Gasteiger partial charge in [-0.2, -0.15) is 0 Å². The minimum atomic E-state index is 0.155. The van der Waals surface area contributed by atoms with E-state index in [0.717, 1.165) is 45.1 Å². The minimum absolute atomic E-state index is 0.155. The van der Waals surface area contributed by atoms with Crippen LogP contribution in [0.1, 0.15) is 24.6 Å². The zero-order chi connectivity index (χ0) is 14.9. The molecule has 1 saturated heterocycles. The van der Waals surface area contributed by atoms with Gasteiger partial charge in [-0.1, -0.05) is 13.0 Å². The van der Waals surface area contributed by atoms with Crippen LogP contribution in [0.25, 0.3) is 0 Å². The number of nitrogens with one attached hydrogen (secondary N) is 2. The van der Waals surface area contributed by atoms with E-state index in [-0.39, 0.29) is 5.91 Å². The van der Waals surface area contributed by atoms with E-state index in [1.165, 1.54) is 17.7 Å². The van der Waals surface area contributed by atoms with Crippen LogP contribution in [-0.2, 0) is 11.2 Å². The number of rotatable bonds is 8. The van der Waals surface area contributed by atoms with E-state index < -0.39 is 0 Å². The van der Waals surface area contributed by atoms with Gasteiger partial charge in [-0.05, 0) is 56.3 Å². The molecule has 1 aromatic heterocycles. The van der Waals surface area contributed by atoms with Crippen LogP contribution in [0.3, 0.4) is 0 Å². The summed E-state index contributed by atoms with van der Waals surface area (Å²) in [4.78, 5) is 15.6. The molecule has 4 nitrogen and oxygen atoms in total. The maximum Gasteiger partial charge on any atom is 0.234 e. The molecule has 1 fully saturated rings. The Morgan fingerprint density at radius 1 is 1.48 bits per heavy atom. The summed E-state index contributed by atoms with van der Waals surface area (Å²) in [6.45, 7) is 7.65. The van der Waals surface area contributed by atoms with E-state index >= 15 is 0 Å². The highest BCUT2D eigenvalue weighted by Gasteiger charge is 2.17. The first-order valence-corrected chi connectivity index (χ1v) is 8.88. The van der Waals surface area contributed by atoms with Gasteiger partial charge in [0.2, 0.25) is 5.91 Å². The van der Waals surface area contributed by atoms with Crippen molar-refractivity contribution >= 4 is 17.2 Å². The SMILES string of the molecule is CCN(CC(=O)NCCc1cccs1)CC1CCNCC1. The van der Waals surface area contributed by atoms with Crippen molar-refractivity contribution < 1.29 is 4.79 Å². The van der Waals surface area contributed by atoms with Crippen LogP contribution in [0.5, 0.6) is 0 Å². The number of nitrogens with zero attached hydrogens (tertiary/aromatic N) is 1. The summed E-state index contributed by atoms with van der Waals surface area (Å²) < 4.78 is 0. The second kappa shape index (κ2) is 9.18. The molecule has 1 amide bonds. The van der Waals surface area contributed by atoms with Gasteiger partial charge in [0.15, 0.2) is 0 Å². The Morgan fingerprint density at radius 2 is 2.29 bits per heavy atom. The minimum Gasteiger partial charge on any atom is -0.355 e. The molecule has 1 aromatic rings. The van der Waals surface area contributed by atoms with Crippen molar-refractivity contribution in [3.05, 3.63) is 22.4 Å². The van der Waals surface area contributed by atoms with Crippen LogP contribution in [0.4, 0.5) is 0 Å². The molecular formula is C16H27N3OS. The van der Waals surface area contributed by atoms with Crippen molar-refractivity contribution in [3.63, 3.8) is 0 Å². The Morgan fingerprint density at radius 3 is 2.95 bits per heavy atom. The van der Waals surface area contributed by atoms with Crippen molar-refractivity contribution in [2.45, 2.75) is 26.2 Å². The second-order valence-corrected chi connectivity index (χ2v) is 6.73. The summed E-state index contributed by atoms with van der Waals surface area (Å²) in [7, 11) is 0. The molecule has 2 N–H and O–H groups in total. The molecular weight excluding hydrogens is 282 g/mol. The van der Waals surface area contributed by atoms with Crippen LogP contribution < -0.4 is 10.6 Å². The van der Waals surface area contributed by atoms with Gasteiger partial charge in [0.1, 0.15) is 0 Å². The molecule has 0 aromatic carbocycles. The molecule has 0 spiro atoms. The molecule has 118 valence electrons. The van der Waals surface area contributed by atoms with Gasteiger partial charge in [0.25, 0.3) is 0 Å². The van der Waals surface area contributed by atoms with Crippen LogP contribution in [0.15, 0.2) is 17.5 Å². The molecule has 21 heavy (non-hydrogen) atoms. The fourth-order valence-corrected chi connectivity index (χ4v) is 3.48. The van der Waals surface area contributed by atoms with Crippen molar-refractivity contribution in [1.29, 1.82) is 0 Å². The monoisotopic (exact) mass is 309 g/mol. The van der Waals surface area contributed by atoms with Crippen molar-refractivity contribution in [1.82, 2.24) is 15.5 Å². The van der Waals surface area contributed by atoms with Crippen molar-refractivity contribution in [2.75, 3.05) is 39.3 Å². The molecule has 2 rings (SSSR count). The maximum atomic E-state index is 12.0. The summed E-state index contributed by atoms with van der Waals surface area (Å²) in [5.41, 5.74) is 0. The lowest BCUT2D eigenvalue weighted by atomic mass is 9.97. The van der Waals surface area contributed by atoms with Crippen LogP contribution in [-0.4, -0.2) is 50.1 Å². The van der Waals surface area contributed by atoms with Crippen LogP contribution in [0, 0.1) is 5.92 Å². The first-order chi connectivity index (χ1) is 10.3. The Balaban J connectivity index is 1.64. The highest BCUT2D eigenvalue weighted by atomic mass is 32.1. The van der Waals surface area contributed by atoms with Crippen LogP contribution in [0.2, 0.25) is 0 Å². The third-order valence-corrected chi connectivity index (χ3v) is 5.00. The number of amides is 1. The number of likely N-dealkylation sites (N-methyl/N-ethyl adjacent to an activating group) is 1. The Bertz CT molecular complexity index is 402. The summed E-state index contributed by atoms with van der Waals surface area (Å²) in [5, 5.41) is 8.51. The lowest BCUT2D eigenvalue weighted by Crippen LogP contribution is -2.42. The predicted octanol–water partition coefficient (Wildman–Crippen LogP) is 1.73. The third-order valence-electron chi connectivity index (χ3n) is 4.06. The molecule has 0 aliphatic carbocycles. The molecule has 0 radical (unpaired) electrons.